The molecule has 0 aliphatic carbocycles. The lowest BCUT2D eigenvalue weighted by Gasteiger charge is -2.38. The van der Waals surface area contributed by atoms with Gasteiger partial charge in [-0.25, -0.2) is 0 Å². The molecular formula is C17H25BrN2O. The predicted octanol–water partition coefficient (Wildman–Crippen LogP) is 3.31. The van der Waals surface area contributed by atoms with Gasteiger partial charge in [-0.1, -0.05) is 28.1 Å². The van der Waals surface area contributed by atoms with E-state index < -0.39 is 5.41 Å². The molecule has 2 rings (SSSR count). The molecule has 1 saturated heterocycles. The first kappa shape index (κ1) is 16.5. The average Bonchev–Trinajstić information content (AvgIpc) is 2.47. The van der Waals surface area contributed by atoms with Crippen LogP contribution in [0.3, 0.4) is 0 Å². The summed E-state index contributed by atoms with van der Waals surface area (Å²) in [7, 11) is 0. The first-order valence-electron chi connectivity index (χ1n) is 7.63. The van der Waals surface area contributed by atoms with E-state index in [0.717, 1.165) is 36.0 Å². The molecule has 1 heterocycles. The molecule has 2 N–H and O–H groups in total. The molecule has 1 aromatic rings. The van der Waals surface area contributed by atoms with Crippen molar-refractivity contribution in [2.24, 2.45) is 11.7 Å². The summed E-state index contributed by atoms with van der Waals surface area (Å²) in [4.78, 5) is 14.9. The van der Waals surface area contributed by atoms with Gasteiger partial charge in [-0.3, -0.25) is 4.79 Å². The van der Waals surface area contributed by atoms with Gasteiger partial charge in [0.2, 0.25) is 5.91 Å². The topological polar surface area (TPSA) is 46.3 Å². The summed E-state index contributed by atoms with van der Waals surface area (Å²) in [5.41, 5.74) is 6.55. The molecule has 1 aliphatic rings. The van der Waals surface area contributed by atoms with Crippen LogP contribution in [0.2, 0.25) is 0 Å². The van der Waals surface area contributed by atoms with Gasteiger partial charge in [0, 0.05) is 23.6 Å². The monoisotopic (exact) mass is 352 g/mol. The van der Waals surface area contributed by atoms with Crippen molar-refractivity contribution in [2.75, 3.05) is 13.1 Å². The zero-order valence-electron chi connectivity index (χ0n) is 13.1. The molecule has 4 heteroatoms. The molecule has 0 bridgehead atoms. The van der Waals surface area contributed by atoms with Crippen molar-refractivity contribution in [2.45, 2.75) is 45.1 Å². The molecule has 0 aromatic heterocycles. The fourth-order valence-electron chi connectivity index (χ4n) is 3.01. The number of hydrogen-bond acceptors (Lipinski definition) is 2. The fourth-order valence-corrected chi connectivity index (χ4v) is 3.28. The Morgan fingerprint density at radius 2 is 1.81 bits per heavy atom. The third-order valence-electron chi connectivity index (χ3n) is 4.67. The Balaban J connectivity index is 2.07. The number of carbonyl (C=O) groups is 1. The molecular weight excluding hydrogens is 328 g/mol. The lowest BCUT2D eigenvalue weighted by Crippen LogP contribution is -2.48. The number of piperidine rings is 1. The summed E-state index contributed by atoms with van der Waals surface area (Å²) < 4.78 is 1.03. The number of halogens is 1. The molecule has 1 aromatic carbocycles. The van der Waals surface area contributed by atoms with Gasteiger partial charge in [-0.15, -0.1) is 0 Å². The smallest absolute Gasteiger partial charge is 0.232 e. The second kappa shape index (κ2) is 6.49. The third kappa shape index (κ3) is 3.67. The van der Waals surface area contributed by atoms with E-state index in [-0.39, 0.29) is 11.9 Å². The number of nitrogens with two attached hydrogens (primary N) is 1. The highest BCUT2D eigenvalue weighted by atomic mass is 79.9. The Morgan fingerprint density at radius 1 is 1.29 bits per heavy atom. The van der Waals surface area contributed by atoms with Crippen molar-refractivity contribution >= 4 is 21.8 Å². The first-order chi connectivity index (χ1) is 9.82. The summed E-state index contributed by atoms with van der Waals surface area (Å²) >= 11 is 3.44. The van der Waals surface area contributed by atoms with Crippen molar-refractivity contribution in [3.63, 3.8) is 0 Å². The minimum absolute atomic E-state index is 0.216. The summed E-state index contributed by atoms with van der Waals surface area (Å²) in [6.07, 6.45) is 2.03. The van der Waals surface area contributed by atoms with Crippen LogP contribution in [0.15, 0.2) is 28.7 Å². The normalized spacial score (nSPS) is 18.6. The molecule has 21 heavy (non-hydrogen) atoms. The van der Waals surface area contributed by atoms with Gasteiger partial charge in [0.25, 0.3) is 0 Å². The summed E-state index contributed by atoms with van der Waals surface area (Å²) in [6.45, 7) is 7.73. The summed E-state index contributed by atoms with van der Waals surface area (Å²) in [5.74, 6) is 0.762. The van der Waals surface area contributed by atoms with Crippen LogP contribution in [0.4, 0.5) is 0 Å². The van der Waals surface area contributed by atoms with E-state index in [0.29, 0.717) is 5.92 Å². The second-order valence-electron chi connectivity index (χ2n) is 6.62. The van der Waals surface area contributed by atoms with Crippen LogP contribution in [-0.4, -0.2) is 29.9 Å². The van der Waals surface area contributed by atoms with Gasteiger partial charge in [0.05, 0.1) is 5.41 Å². The fraction of sp³-hybridized carbons (Fsp3) is 0.588. The van der Waals surface area contributed by atoms with Crippen molar-refractivity contribution < 1.29 is 4.79 Å². The number of likely N-dealkylation sites (tertiary alicyclic amines) is 1. The zero-order chi connectivity index (χ0) is 15.6. The summed E-state index contributed by atoms with van der Waals surface area (Å²) in [6, 6.07) is 8.26. The Kier molecular flexibility index (Phi) is 5.10. The number of amides is 1. The number of nitrogens with zero attached hydrogens (tertiary/aromatic N) is 1. The van der Waals surface area contributed by atoms with E-state index in [1.165, 1.54) is 0 Å². The molecule has 0 radical (unpaired) electrons. The van der Waals surface area contributed by atoms with Crippen LogP contribution in [0.5, 0.6) is 0 Å². The van der Waals surface area contributed by atoms with Crippen LogP contribution in [0.1, 0.15) is 39.2 Å². The number of benzene rings is 1. The Bertz CT molecular complexity index is 488. The summed E-state index contributed by atoms with van der Waals surface area (Å²) in [5, 5.41) is 0. The van der Waals surface area contributed by atoms with Gasteiger partial charge in [0.1, 0.15) is 0 Å². The highest BCUT2D eigenvalue weighted by Gasteiger charge is 2.35. The molecule has 1 atom stereocenters. The van der Waals surface area contributed by atoms with E-state index >= 15 is 0 Å². The molecule has 1 fully saturated rings. The van der Waals surface area contributed by atoms with Crippen LogP contribution < -0.4 is 5.73 Å². The highest BCUT2D eigenvalue weighted by molar-refractivity contribution is 9.10. The van der Waals surface area contributed by atoms with Crippen molar-refractivity contribution in [3.05, 3.63) is 34.3 Å². The zero-order valence-corrected chi connectivity index (χ0v) is 14.7. The van der Waals surface area contributed by atoms with E-state index in [1.54, 1.807) is 0 Å². The maximum Gasteiger partial charge on any atom is 0.232 e. The molecule has 0 spiro atoms. The lowest BCUT2D eigenvalue weighted by atomic mass is 9.82. The van der Waals surface area contributed by atoms with Crippen molar-refractivity contribution in [1.29, 1.82) is 0 Å². The molecule has 0 saturated carbocycles. The van der Waals surface area contributed by atoms with Gasteiger partial charge < -0.3 is 10.6 Å². The quantitative estimate of drug-likeness (QED) is 0.906. The molecule has 1 unspecified atom stereocenters. The first-order valence-corrected chi connectivity index (χ1v) is 8.42. The number of carbonyl (C=O) groups excluding carboxylic acids is 1. The number of hydrogen-bond donors (Lipinski definition) is 1. The minimum atomic E-state index is -0.484. The van der Waals surface area contributed by atoms with Crippen LogP contribution in [-0.2, 0) is 10.2 Å². The van der Waals surface area contributed by atoms with Crippen LogP contribution in [0.25, 0.3) is 0 Å². The maximum absolute atomic E-state index is 12.9. The Hall–Kier alpha value is -0.870. The van der Waals surface area contributed by atoms with Gasteiger partial charge in [0.15, 0.2) is 0 Å². The predicted molar refractivity (Wildman–Crippen MR) is 90.1 cm³/mol. The van der Waals surface area contributed by atoms with Gasteiger partial charge >= 0.3 is 0 Å². The molecule has 1 amide bonds. The Labute approximate surface area is 136 Å². The van der Waals surface area contributed by atoms with E-state index in [4.69, 9.17) is 5.73 Å². The lowest BCUT2D eigenvalue weighted by molar-refractivity contribution is -0.137. The average molecular weight is 353 g/mol. The highest BCUT2D eigenvalue weighted by Crippen LogP contribution is 2.29. The van der Waals surface area contributed by atoms with Crippen LogP contribution in [0, 0.1) is 5.92 Å². The van der Waals surface area contributed by atoms with E-state index in [2.05, 4.69) is 22.9 Å². The Morgan fingerprint density at radius 3 is 2.29 bits per heavy atom. The van der Waals surface area contributed by atoms with E-state index in [1.807, 2.05) is 43.0 Å². The van der Waals surface area contributed by atoms with Gasteiger partial charge in [-0.05, 0) is 57.2 Å². The van der Waals surface area contributed by atoms with Crippen molar-refractivity contribution in [3.8, 4) is 0 Å². The van der Waals surface area contributed by atoms with E-state index in [9.17, 15) is 4.79 Å². The van der Waals surface area contributed by atoms with Crippen LogP contribution >= 0.6 is 15.9 Å². The molecule has 1 aliphatic heterocycles. The third-order valence-corrected chi connectivity index (χ3v) is 5.20. The largest absolute Gasteiger partial charge is 0.342 e. The SMILES string of the molecule is CC(N)C1CCN(C(=O)C(C)(C)c2ccc(Br)cc2)CC1. The van der Waals surface area contributed by atoms with Crippen molar-refractivity contribution in [1.82, 2.24) is 4.90 Å². The van der Waals surface area contributed by atoms with Gasteiger partial charge in [-0.2, -0.15) is 0 Å². The standard InChI is InChI=1S/C17H25BrN2O/c1-12(19)13-8-10-20(11-9-13)16(21)17(2,3)14-4-6-15(18)7-5-14/h4-7,12-13H,8-11,19H2,1-3H3. The molecule has 3 nitrogen and oxygen atoms in total. The maximum atomic E-state index is 12.9. The second-order valence-corrected chi connectivity index (χ2v) is 7.54. The molecule has 116 valence electrons. The number of rotatable bonds is 3. The minimum Gasteiger partial charge on any atom is -0.342 e.